The highest BCUT2D eigenvalue weighted by Crippen LogP contribution is 2.24. The van der Waals surface area contributed by atoms with Gasteiger partial charge in [-0.1, -0.05) is 6.07 Å². The molecule has 0 radical (unpaired) electrons. The van der Waals surface area contributed by atoms with E-state index in [0.29, 0.717) is 6.04 Å². The van der Waals surface area contributed by atoms with Gasteiger partial charge < -0.3 is 9.73 Å². The molecule has 2 aromatic rings. The summed E-state index contributed by atoms with van der Waals surface area (Å²) >= 11 is 1.66. The molecule has 1 N–H and O–H groups in total. The first-order valence-electron chi connectivity index (χ1n) is 6.72. The van der Waals surface area contributed by atoms with Gasteiger partial charge in [0.1, 0.15) is 6.26 Å². The van der Waals surface area contributed by atoms with Crippen molar-refractivity contribution >= 4 is 36.2 Å². The van der Waals surface area contributed by atoms with E-state index in [4.69, 9.17) is 4.42 Å². The lowest BCUT2D eigenvalue weighted by molar-refractivity contribution is 0.190. The SMILES string of the molecule is CN(Cc1coc(-c2cccs2)n1)C1CCNCC1.Cl.Cl. The standard InChI is InChI=1S/C14H19N3OS.2ClH/c1-17(12-4-6-15-7-5-12)9-11-10-18-14(16-11)13-3-2-8-19-13;;/h2-3,8,10,12,15H,4-7,9H2,1H3;2*1H. The predicted octanol–water partition coefficient (Wildman–Crippen LogP) is 3.43. The van der Waals surface area contributed by atoms with E-state index < -0.39 is 0 Å². The lowest BCUT2D eigenvalue weighted by atomic mass is 10.1. The molecule has 0 atom stereocenters. The number of rotatable bonds is 4. The zero-order valence-corrected chi connectivity index (χ0v) is 14.4. The summed E-state index contributed by atoms with van der Waals surface area (Å²) in [7, 11) is 2.18. The van der Waals surface area contributed by atoms with Crippen molar-refractivity contribution in [2.45, 2.75) is 25.4 Å². The minimum Gasteiger partial charge on any atom is -0.444 e. The summed E-state index contributed by atoms with van der Waals surface area (Å²) < 4.78 is 5.56. The maximum atomic E-state index is 5.56. The average Bonchev–Trinajstić information content (AvgIpc) is 3.10. The second kappa shape index (κ2) is 8.76. The van der Waals surface area contributed by atoms with Crippen molar-refractivity contribution in [1.29, 1.82) is 0 Å². The second-order valence-corrected chi connectivity index (χ2v) is 5.97. The molecule has 1 aliphatic rings. The summed E-state index contributed by atoms with van der Waals surface area (Å²) in [6.45, 7) is 3.10. The van der Waals surface area contributed by atoms with Gasteiger partial charge in [-0.3, -0.25) is 4.90 Å². The van der Waals surface area contributed by atoms with E-state index in [1.807, 2.05) is 17.5 Å². The Kier molecular flexibility index (Phi) is 7.70. The summed E-state index contributed by atoms with van der Waals surface area (Å²) in [6, 6.07) is 4.71. The van der Waals surface area contributed by atoms with Gasteiger partial charge in [0, 0.05) is 12.6 Å². The Morgan fingerprint density at radius 2 is 2.14 bits per heavy atom. The molecule has 118 valence electrons. The van der Waals surface area contributed by atoms with Gasteiger partial charge in [0.2, 0.25) is 5.89 Å². The van der Waals surface area contributed by atoms with E-state index >= 15 is 0 Å². The van der Waals surface area contributed by atoms with Crippen molar-refractivity contribution in [1.82, 2.24) is 15.2 Å². The van der Waals surface area contributed by atoms with Gasteiger partial charge >= 0.3 is 0 Å². The van der Waals surface area contributed by atoms with Crippen LogP contribution in [0.5, 0.6) is 0 Å². The molecule has 0 aromatic carbocycles. The molecule has 3 heterocycles. The van der Waals surface area contributed by atoms with E-state index in [-0.39, 0.29) is 24.8 Å². The molecule has 0 saturated carbocycles. The maximum Gasteiger partial charge on any atom is 0.236 e. The Balaban J connectivity index is 0.00000110. The first-order chi connectivity index (χ1) is 9.33. The van der Waals surface area contributed by atoms with E-state index in [9.17, 15) is 0 Å². The van der Waals surface area contributed by atoms with E-state index in [1.165, 1.54) is 12.8 Å². The summed E-state index contributed by atoms with van der Waals surface area (Å²) in [5.41, 5.74) is 1.02. The van der Waals surface area contributed by atoms with Gasteiger partial charge in [0.25, 0.3) is 0 Å². The summed E-state index contributed by atoms with van der Waals surface area (Å²) in [5, 5.41) is 5.44. The fourth-order valence-corrected chi connectivity index (χ4v) is 3.18. The van der Waals surface area contributed by atoms with Crippen LogP contribution >= 0.6 is 36.2 Å². The van der Waals surface area contributed by atoms with E-state index in [0.717, 1.165) is 36.1 Å². The van der Waals surface area contributed by atoms with Crippen LogP contribution in [0.25, 0.3) is 10.8 Å². The minimum atomic E-state index is 0. The molecule has 3 rings (SSSR count). The quantitative estimate of drug-likeness (QED) is 0.917. The molecule has 4 nitrogen and oxygen atoms in total. The number of hydrogen-bond donors (Lipinski definition) is 1. The number of oxazole rings is 1. The first kappa shape index (κ1) is 18.5. The van der Waals surface area contributed by atoms with E-state index in [1.54, 1.807) is 17.6 Å². The smallest absolute Gasteiger partial charge is 0.236 e. The summed E-state index contributed by atoms with van der Waals surface area (Å²) in [4.78, 5) is 8.05. The van der Waals surface area contributed by atoms with Gasteiger partial charge in [0.05, 0.1) is 10.6 Å². The van der Waals surface area contributed by atoms with Crippen molar-refractivity contribution in [3.63, 3.8) is 0 Å². The number of nitrogens with zero attached hydrogens (tertiary/aromatic N) is 2. The summed E-state index contributed by atoms with van der Waals surface area (Å²) in [6.07, 6.45) is 4.21. The van der Waals surface area contributed by atoms with Crippen molar-refractivity contribution in [3.05, 3.63) is 29.5 Å². The van der Waals surface area contributed by atoms with Crippen LogP contribution in [-0.2, 0) is 6.54 Å². The highest BCUT2D eigenvalue weighted by Gasteiger charge is 2.19. The molecule has 0 amide bonds. The molecule has 1 aliphatic heterocycles. The first-order valence-corrected chi connectivity index (χ1v) is 7.60. The average molecular weight is 350 g/mol. The molecule has 0 unspecified atom stereocenters. The van der Waals surface area contributed by atoms with Gasteiger partial charge in [-0.05, 0) is 44.4 Å². The van der Waals surface area contributed by atoms with Gasteiger partial charge in [-0.2, -0.15) is 0 Å². The Morgan fingerprint density at radius 1 is 1.38 bits per heavy atom. The molecule has 0 bridgehead atoms. The maximum absolute atomic E-state index is 5.56. The normalized spacial score (nSPS) is 15.5. The third-order valence-electron chi connectivity index (χ3n) is 3.63. The molecule has 7 heteroatoms. The lowest BCUT2D eigenvalue weighted by Gasteiger charge is -2.30. The number of piperidine rings is 1. The Morgan fingerprint density at radius 3 is 2.81 bits per heavy atom. The fourth-order valence-electron chi connectivity index (χ4n) is 2.53. The van der Waals surface area contributed by atoms with Gasteiger partial charge in [-0.15, -0.1) is 36.2 Å². The molecular formula is C14H21Cl2N3OS. The molecule has 0 aliphatic carbocycles. The van der Waals surface area contributed by atoms with Crippen molar-refractivity contribution in [2.24, 2.45) is 0 Å². The van der Waals surface area contributed by atoms with Crippen LogP contribution in [0.3, 0.4) is 0 Å². The van der Waals surface area contributed by atoms with Crippen LogP contribution in [0.4, 0.5) is 0 Å². The number of halogens is 2. The lowest BCUT2D eigenvalue weighted by Crippen LogP contribution is -2.40. The van der Waals surface area contributed by atoms with Crippen LogP contribution < -0.4 is 5.32 Å². The molecule has 21 heavy (non-hydrogen) atoms. The zero-order valence-electron chi connectivity index (χ0n) is 11.9. The molecule has 1 fully saturated rings. The van der Waals surface area contributed by atoms with Crippen LogP contribution in [0.2, 0.25) is 0 Å². The van der Waals surface area contributed by atoms with Crippen molar-refractivity contribution in [3.8, 4) is 10.8 Å². The number of hydrogen-bond acceptors (Lipinski definition) is 5. The highest BCUT2D eigenvalue weighted by molar-refractivity contribution is 7.13. The predicted molar refractivity (Wildman–Crippen MR) is 91.7 cm³/mol. The fraction of sp³-hybridized carbons (Fsp3) is 0.500. The topological polar surface area (TPSA) is 41.3 Å². The molecular weight excluding hydrogens is 329 g/mol. The second-order valence-electron chi connectivity index (χ2n) is 5.02. The highest BCUT2D eigenvalue weighted by atomic mass is 35.5. The van der Waals surface area contributed by atoms with E-state index in [2.05, 4.69) is 22.2 Å². The third kappa shape index (κ3) is 4.69. The zero-order chi connectivity index (χ0) is 13.1. The van der Waals surface area contributed by atoms with Gasteiger partial charge in [0.15, 0.2) is 0 Å². The van der Waals surface area contributed by atoms with Crippen molar-refractivity contribution < 1.29 is 4.42 Å². The van der Waals surface area contributed by atoms with Crippen molar-refractivity contribution in [2.75, 3.05) is 20.1 Å². The van der Waals surface area contributed by atoms with Gasteiger partial charge in [-0.25, -0.2) is 4.98 Å². The Hall–Kier alpha value is -0.590. The largest absolute Gasteiger partial charge is 0.444 e. The number of aromatic nitrogens is 1. The monoisotopic (exact) mass is 349 g/mol. The van der Waals surface area contributed by atoms with Crippen LogP contribution in [0.15, 0.2) is 28.2 Å². The number of nitrogens with one attached hydrogen (secondary N) is 1. The molecule has 1 saturated heterocycles. The van der Waals surface area contributed by atoms with Crippen LogP contribution in [0.1, 0.15) is 18.5 Å². The molecule has 0 spiro atoms. The summed E-state index contributed by atoms with van der Waals surface area (Å²) in [5.74, 6) is 0.740. The third-order valence-corrected chi connectivity index (χ3v) is 4.48. The Labute approximate surface area is 141 Å². The van der Waals surface area contributed by atoms with Crippen LogP contribution in [0, 0.1) is 0 Å². The Bertz CT molecular complexity index is 512. The number of thiophene rings is 1. The molecule has 2 aromatic heterocycles. The van der Waals surface area contributed by atoms with Crippen LogP contribution in [-0.4, -0.2) is 36.1 Å². The minimum absolute atomic E-state index is 0.